The monoisotopic (exact) mass is 370 g/mol. The van der Waals surface area contributed by atoms with Crippen LogP contribution in [0.3, 0.4) is 0 Å². The molecule has 0 fully saturated rings. The summed E-state index contributed by atoms with van der Waals surface area (Å²) in [5.41, 5.74) is -0.0979. The van der Waals surface area contributed by atoms with Crippen LogP contribution in [0.25, 0.3) is 0 Å². The molecule has 0 saturated heterocycles. The molecule has 0 aliphatic carbocycles. The number of phenolic OH excluding ortho intramolecular Hbond substituents is 1. The van der Waals surface area contributed by atoms with Gasteiger partial charge in [-0.15, -0.1) is 0 Å². The zero-order valence-electron chi connectivity index (χ0n) is 10.3. The van der Waals surface area contributed by atoms with Gasteiger partial charge in [0, 0.05) is 10.7 Å². The van der Waals surface area contributed by atoms with E-state index in [1.54, 1.807) is 0 Å². The van der Waals surface area contributed by atoms with E-state index in [1.807, 2.05) is 0 Å². The van der Waals surface area contributed by atoms with Crippen molar-refractivity contribution in [3.63, 3.8) is 0 Å². The molecule has 8 heteroatoms. The Morgan fingerprint density at radius 1 is 1.24 bits per heavy atom. The number of halogens is 2. The Morgan fingerprint density at radius 2 is 1.95 bits per heavy atom. The molecule has 1 aromatic heterocycles. The maximum absolute atomic E-state index is 12.1. The molecular formula is C13H8BrClN2O4. The molecule has 2 aromatic rings. The van der Waals surface area contributed by atoms with Crippen LogP contribution >= 0.6 is 27.5 Å². The van der Waals surface area contributed by atoms with Gasteiger partial charge in [-0.25, -0.2) is 9.78 Å². The van der Waals surface area contributed by atoms with E-state index in [9.17, 15) is 14.7 Å². The molecule has 0 radical (unpaired) electrons. The topological polar surface area (TPSA) is 99.5 Å². The Morgan fingerprint density at radius 3 is 2.62 bits per heavy atom. The molecule has 0 atom stereocenters. The number of hydrogen-bond acceptors (Lipinski definition) is 4. The molecule has 3 N–H and O–H groups in total. The molecule has 1 aromatic carbocycles. The number of carbonyl (C=O) groups excluding carboxylic acids is 1. The first kappa shape index (κ1) is 15.3. The van der Waals surface area contributed by atoms with E-state index in [4.69, 9.17) is 16.7 Å². The summed E-state index contributed by atoms with van der Waals surface area (Å²) in [6.45, 7) is 0. The Balaban J connectivity index is 2.36. The number of rotatable bonds is 3. The van der Waals surface area contributed by atoms with E-state index < -0.39 is 11.9 Å². The smallest absolute Gasteiger partial charge is 0.337 e. The van der Waals surface area contributed by atoms with E-state index in [1.165, 1.54) is 24.4 Å². The molecule has 6 nitrogen and oxygen atoms in total. The number of hydrogen-bond donors (Lipinski definition) is 3. The lowest BCUT2D eigenvalue weighted by Gasteiger charge is -2.09. The molecular weight excluding hydrogens is 364 g/mol. The van der Waals surface area contributed by atoms with Crippen molar-refractivity contribution in [2.24, 2.45) is 0 Å². The standard InChI is InChI=1S/C13H8BrClN2O4/c14-6-3-9(11(15)16-5-6)12(19)17-10-2-1-7(18)4-8(10)13(20)21/h1-5,18H,(H,17,19)(H,20,21). The SMILES string of the molecule is O=C(O)c1cc(O)ccc1NC(=O)c1cc(Br)cnc1Cl. The summed E-state index contributed by atoms with van der Waals surface area (Å²) in [7, 11) is 0. The third-order valence-corrected chi connectivity index (χ3v) is 3.27. The van der Waals surface area contributed by atoms with Crippen LogP contribution in [0.2, 0.25) is 5.15 Å². The first-order valence-corrected chi connectivity index (χ1v) is 6.74. The van der Waals surface area contributed by atoms with Gasteiger partial charge in [-0.1, -0.05) is 11.6 Å². The van der Waals surface area contributed by atoms with Crippen LogP contribution in [0.15, 0.2) is 34.9 Å². The summed E-state index contributed by atoms with van der Waals surface area (Å²) >= 11 is 9.00. The predicted octanol–water partition coefficient (Wildman–Crippen LogP) is 3.15. The highest BCUT2D eigenvalue weighted by atomic mass is 79.9. The van der Waals surface area contributed by atoms with Gasteiger partial charge in [-0.05, 0) is 40.2 Å². The van der Waals surface area contributed by atoms with Gasteiger partial charge in [0.2, 0.25) is 0 Å². The number of phenols is 1. The third kappa shape index (κ3) is 3.50. The average Bonchev–Trinajstić information content (AvgIpc) is 2.43. The number of aromatic carboxylic acids is 1. The van der Waals surface area contributed by atoms with Gasteiger partial charge in [-0.2, -0.15) is 0 Å². The van der Waals surface area contributed by atoms with Gasteiger partial charge in [-0.3, -0.25) is 4.79 Å². The number of anilines is 1. The van der Waals surface area contributed by atoms with E-state index in [0.717, 1.165) is 6.07 Å². The average molecular weight is 372 g/mol. The highest BCUT2D eigenvalue weighted by Gasteiger charge is 2.17. The van der Waals surface area contributed by atoms with Crippen molar-refractivity contribution in [2.75, 3.05) is 5.32 Å². The third-order valence-electron chi connectivity index (χ3n) is 2.53. The minimum Gasteiger partial charge on any atom is -0.508 e. The molecule has 1 heterocycles. The van der Waals surface area contributed by atoms with Crippen LogP contribution < -0.4 is 5.32 Å². The first-order valence-electron chi connectivity index (χ1n) is 5.57. The number of aromatic nitrogens is 1. The number of aromatic hydroxyl groups is 1. The summed E-state index contributed by atoms with van der Waals surface area (Å²) in [6.07, 6.45) is 1.43. The van der Waals surface area contributed by atoms with Crippen LogP contribution in [-0.2, 0) is 0 Å². The minimum atomic E-state index is -1.28. The summed E-state index contributed by atoms with van der Waals surface area (Å²) in [5, 5.41) is 20.8. The summed E-state index contributed by atoms with van der Waals surface area (Å²) < 4.78 is 0.557. The molecule has 0 spiro atoms. The number of amides is 1. The van der Waals surface area contributed by atoms with Crippen molar-refractivity contribution in [1.29, 1.82) is 0 Å². The van der Waals surface area contributed by atoms with Crippen LogP contribution in [0.1, 0.15) is 20.7 Å². The molecule has 21 heavy (non-hydrogen) atoms. The van der Waals surface area contributed by atoms with Crippen LogP contribution in [-0.4, -0.2) is 27.1 Å². The largest absolute Gasteiger partial charge is 0.508 e. The number of pyridine rings is 1. The molecule has 0 aliphatic rings. The maximum atomic E-state index is 12.1. The Labute approximate surface area is 132 Å². The van der Waals surface area contributed by atoms with Crippen molar-refractivity contribution < 1.29 is 19.8 Å². The molecule has 0 bridgehead atoms. The molecule has 108 valence electrons. The van der Waals surface area contributed by atoms with Crippen molar-refractivity contribution in [3.8, 4) is 5.75 Å². The van der Waals surface area contributed by atoms with Crippen molar-refractivity contribution in [2.45, 2.75) is 0 Å². The second-order valence-electron chi connectivity index (χ2n) is 3.98. The normalized spacial score (nSPS) is 10.2. The van der Waals surface area contributed by atoms with E-state index in [0.29, 0.717) is 4.47 Å². The van der Waals surface area contributed by atoms with Crippen molar-refractivity contribution in [3.05, 3.63) is 51.2 Å². The maximum Gasteiger partial charge on any atom is 0.337 e. The van der Waals surface area contributed by atoms with Crippen molar-refractivity contribution >= 4 is 45.1 Å². The second kappa shape index (κ2) is 6.11. The fraction of sp³-hybridized carbons (Fsp3) is 0. The first-order chi connectivity index (χ1) is 9.88. The Hall–Kier alpha value is -2.12. The number of carboxylic acid groups (broad SMARTS) is 1. The molecule has 0 aliphatic heterocycles. The molecule has 0 saturated carbocycles. The zero-order valence-corrected chi connectivity index (χ0v) is 12.6. The lowest BCUT2D eigenvalue weighted by atomic mass is 10.1. The fourth-order valence-electron chi connectivity index (χ4n) is 1.59. The van der Waals surface area contributed by atoms with Crippen molar-refractivity contribution in [1.82, 2.24) is 4.98 Å². The quantitative estimate of drug-likeness (QED) is 0.568. The Kier molecular flexibility index (Phi) is 4.44. The number of carboxylic acids is 1. The summed E-state index contributed by atoms with van der Waals surface area (Å²) in [4.78, 5) is 27.1. The summed E-state index contributed by atoms with van der Waals surface area (Å²) in [5.74, 6) is -2.10. The van der Waals surface area contributed by atoms with E-state index >= 15 is 0 Å². The van der Waals surface area contributed by atoms with Gasteiger partial charge in [0.15, 0.2) is 0 Å². The lowest BCUT2D eigenvalue weighted by molar-refractivity contribution is 0.0697. The van der Waals surface area contributed by atoms with Gasteiger partial charge < -0.3 is 15.5 Å². The lowest BCUT2D eigenvalue weighted by Crippen LogP contribution is -2.15. The predicted molar refractivity (Wildman–Crippen MR) is 80.0 cm³/mol. The van der Waals surface area contributed by atoms with Crippen LogP contribution in [0.5, 0.6) is 5.75 Å². The van der Waals surface area contributed by atoms with Gasteiger partial charge >= 0.3 is 5.97 Å². The van der Waals surface area contributed by atoms with E-state index in [2.05, 4.69) is 26.2 Å². The van der Waals surface area contributed by atoms with Gasteiger partial charge in [0.1, 0.15) is 10.9 Å². The second-order valence-corrected chi connectivity index (χ2v) is 5.25. The molecule has 0 unspecified atom stereocenters. The zero-order chi connectivity index (χ0) is 15.6. The Bertz CT molecular complexity index is 736. The van der Waals surface area contributed by atoms with Gasteiger partial charge in [0.25, 0.3) is 5.91 Å². The van der Waals surface area contributed by atoms with Crippen LogP contribution in [0.4, 0.5) is 5.69 Å². The number of carbonyl (C=O) groups is 2. The highest BCUT2D eigenvalue weighted by molar-refractivity contribution is 9.10. The van der Waals surface area contributed by atoms with E-state index in [-0.39, 0.29) is 27.7 Å². The summed E-state index contributed by atoms with van der Waals surface area (Å²) in [6, 6.07) is 5.06. The molecule has 1 amide bonds. The van der Waals surface area contributed by atoms with Gasteiger partial charge in [0.05, 0.1) is 16.8 Å². The number of nitrogens with one attached hydrogen (secondary N) is 1. The highest BCUT2D eigenvalue weighted by Crippen LogP contribution is 2.24. The minimum absolute atomic E-state index is 0.00801. The molecule has 2 rings (SSSR count). The van der Waals surface area contributed by atoms with Crippen LogP contribution in [0, 0.1) is 0 Å². The number of benzene rings is 1. The fourth-order valence-corrected chi connectivity index (χ4v) is 2.11. The number of nitrogens with zero attached hydrogens (tertiary/aromatic N) is 1.